The second-order valence-corrected chi connectivity index (χ2v) is 6.05. The van der Waals surface area contributed by atoms with Crippen molar-refractivity contribution >= 4 is 5.91 Å². The van der Waals surface area contributed by atoms with Crippen molar-refractivity contribution in [1.29, 1.82) is 0 Å². The summed E-state index contributed by atoms with van der Waals surface area (Å²) in [4.78, 5) is 26.3. The number of para-hydroxylation sites is 2. The highest BCUT2D eigenvalue weighted by Gasteiger charge is 2.15. The lowest BCUT2D eigenvalue weighted by atomic mass is 10.3. The van der Waals surface area contributed by atoms with E-state index in [1.54, 1.807) is 24.1 Å². The van der Waals surface area contributed by atoms with Crippen molar-refractivity contribution in [2.24, 2.45) is 0 Å². The Kier molecular flexibility index (Phi) is 5.99. The monoisotopic (exact) mass is 363 g/mol. The van der Waals surface area contributed by atoms with Gasteiger partial charge in [0.25, 0.3) is 11.5 Å². The maximum Gasteiger partial charge on any atom is 0.274 e. The molecule has 1 amide bonds. The predicted molar refractivity (Wildman–Crippen MR) is 103 cm³/mol. The van der Waals surface area contributed by atoms with Gasteiger partial charge in [-0.05, 0) is 36.8 Å². The molecule has 6 heteroatoms. The van der Waals surface area contributed by atoms with E-state index in [4.69, 9.17) is 4.74 Å². The standard InChI is InChI=1S/C21H21N3O3/c1-23(15-8-16-27-18-11-6-3-7-12-18)21(26)19-13-14-20(25)24(22-19)17-9-4-2-5-10-17/h2-7,9-14H,8,15-16H2,1H3. The fraction of sp³-hybridized carbons (Fsp3) is 0.190. The van der Waals surface area contributed by atoms with Crippen LogP contribution in [-0.4, -0.2) is 40.8 Å². The van der Waals surface area contributed by atoms with E-state index >= 15 is 0 Å². The largest absolute Gasteiger partial charge is 0.494 e. The Balaban J connectivity index is 1.60. The quantitative estimate of drug-likeness (QED) is 0.606. The second-order valence-electron chi connectivity index (χ2n) is 6.05. The number of carbonyl (C=O) groups is 1. The number of hydrogen-bond donors (Lipinski definition) is 0. The average molecular weight is 363 g/mol. The van der Waals surface area contributed by atoms with Gasteiger partial charge in [0.1, 0.15) is 11.4 Å². The molecule has 0 radical (unpaired) electrons. The lowest BCUT2D eigenvalue weighted by Crippen LogP contribution is -2.32. The number of amides is 1. The summed E-state index contributed by atoms with van der Waals surface area (Å²) >= 11 is 0. The van der Waals surface area contributed by atoms with Gasteiger partial charge in [-0.25, -0.2) is 0 Å². The van der Waals surface area contributed by atoms with Crippen molar-refractivity contribution in [2.75, 3.05) is 20.2 Å². The first-order valence-electron chi connectivity index (χ1n) is 8.74. The van der Waals surface area contributed by atoms with E-state index in [1.807, 2.05) is 48.5 Å². The Morgan fingerprint density at radius 3 is 2.37 bits per heavy atom. The zero-order valence-corrected chi connectivity index (χ0v) is 15.1. The summed E-state index contributed by atoms with van der Waals surface area (Å²) in [5, 5.41) is 4.22. The van der Waals surface area contributed by atoms with Crippen molar-refractivity contribution in [1.82, 2.24) is 14.7 Å². The molecule has 27 heavy (non-hydrogen) atoms. The summed E-state index contributed by atoms with van der Waals surface area (Å²) in [5.41, 5.74) is 0.567. The van der Waals surface area contributed by atoms with E-state index < -0.39 is 0 Å². The molecule has 0 saturated heterocycles. The number of benzene rings is 2. The summed E-state index contributed by atoms with van der Waals surface area (Å²) in [7, 11) is 1.71. The van der Waals surface area contributed by atoms with Gasteiger partial charge in [-0.2, -0.15) is 9.78 Å². The molecule has 0 fully saturated rings. The maximum absolute atomic E-state index is 12.6. The van der Waals surface area contributed by atoms with Crippen molar-refractivity contribution < 1.29 is 9.53 Å². The topological polar surface area (TPSA) is 64.4 Å². The molecule has 0 aliphatic carbocycles. The molecule has 0 spiro atoms. The van der Waals surface area contributed by atoms with Crippen LogP contribution in [0.25, 0.3) is 5.69 Å². The van der Waals surface area contributed by atoms with Crippen LogP contribution < -0.4 is 10.3 Å². The van der Waals surface area contributed by atoms with E-state index in [2.05, 4.69) is 5.10 Å². The molecule has 1 aromatic heterocycles. The third-order valence-electron chi connectivity index (χ3n) is 4.02. The first kappa shape index (κ1) is 18.4. The van der Waals surface area contributed by atoms with E-state index in [0.29, 0.717) is 25.3 Å². The normalized spacial score (nSPS) is 10.4. The highest BCUT2D eigenvalue weighted by atomic mass is 16.5. The van der Waals surface area contributed by atoms with Crippen LogP contribution in [0.5, 0.6) is 5.75 Å². The van der Waals surface area contributed by atoms with Gasteiger partial charge in [-0.3, -0.25) is 9.59 Å². The van der Waals surface area contributed by atoms with Crippen LogP contribution in [0, 0.1) is 0 Å². The second kappa shape index (κ2) is 8.80. The minimum Gasteiger partial charge on any atom is -0.494 e. The average Bonchev–Trinajstić information content (AvgIpc) is 2.72. The third kappa shape index (κ3) is 4.82. The summed E-state index contributed by atoms with van der Waals surface area (Å²) in [6.45, 7) is 1.04. The van der Waals surface area contributed by atoms with Crippen molar-refractivity contribution in [3.05, 3.63) is 88.8 Å². The van der Waals surface area contributed by atoms with Gasteiger partial charge in [-0.1, -0.05) is 36.4 Å². The minimum atomic E-state index is -0.281. The molecule has 0 saturated carbocycles. The fourth-order valence-corrected chi connectivity index (χ4v) is 2.58. The van der Waals surface area contributed by atoms with Crippen LogP contribution in [0.1, 0.15) is 16.9 Å². The summed E-state index contributed by atoms with van der Waals surface area (Å²) in [5.74, 6) is 0.572. The van der Waals surface area contributed by atoms with Crippen LogP contribution in [0.2, 0.25) is 0 Å². The van der Waals surface area contributed by atoms with Crippen LogP contribution in [0.15, 0.2) is 77.6 Å². The fourth-order valence-electron chi connectivity index (χ4n) is 2.58. The number of carbonyl (C=O) groups excluding carboxylic acids is 1. The van der Waals surface area contributed by atoms with Gasteiger partial charge in [0, 0.05) is 19.7 Å². The summed E-state index contributed by atoms with van der Waals surface area (Å²) in [6.07, 6.45) is 0.690. The van der Waals surface area contributed by atoms with Gasteiger partial charge < -0.3 is 9.64 Å². The summed E-state index contributed by atoms with van der Waals surface area (Å²) in [6, 6.07) is 21.4. The lowest BCUT2D eigenvalue weighted by molar-refractivity contribution is 0.0780. The minimum absolute atomic E-state index is 0.227. The van der Waals surface area contributed by atoms with Crippen molar-refractivity contribution in [3.8, 4) is 11.4 Å². The molecule has 6 nitrogen and oxygen atoms in total. The SMILES string of the molecule is CN(CCCOc1ccccc1)C(=O)c1ccc(=O)n(-c2ccccc2)n1. The molecular formula is C21H21N3O3. The predicted octanol–water partition coefficient (Wildman–Crippen LogP) is 2.77. The number of ether oxygens (including phenoxy) is 1. The maximum atomic E-state index is 12.6. The molecule has 0 N–H and O–H groups in total. The Labute approximate surface area is 157 Å². The molecule has 0 aliphatic rings. The van der Waals surface area contributed by atoms with Crippen molar-refractivity contribution in [2.45, 2.75) is 6.42 Å². The van der Waals surface area contributed by atoms with Gasteiger partial charge in [0.15, 0.2) is 0 Å². The molecule has 0 bridgehead atoms. The summed E-state index contributed by atoms with van der Waals surface area (Å²) < 4.78 is 6.87. The Hall–Kier alpha value is -3.41. The zero-order chi connectivity index (χ0) is 19.1. The smallest absolute Gasteiger partial charge is 0.274 e. The van der Waals surface area contributed by atoms with Crippen LogP contribution in [0.4, 0.5) is 0 Å². The van der Waals surface area contributed by atoms with Crippen molar-refractivity contribution in [3.63, 3.8) is 0 Å². The Bertz CT molecular complexity index is 940. The zero-order valence-electron chi connectivity index (χ0n) is 15.1. The molecule has 2 aromatic carbocycles. The Morgan fingerprint density at radius 2 is 1.67 bits per heavy atom. The number of hydrogen-bond acceptors (Lipinski definition) is 4. The van der Waals surface area contributed by atoms with E-state index in [-0.39, 0.29) is 17.2 Å². The molecule has 0 atom stereocenters. The molecule has 3 rings (SSSR count). The highest BCUT2D eigenvalue weighted by Crippen LogP contribution is 2.09. The lowest BCUT2D eigenvalue weighted by Gasteiger charge is -2.17. The molecule has 3 aromatic rings. The van der Waals surface area contributed by atoms with Gasteiger partial charge in [0.2, 0.25) is 0 Å². The van der Waals surface area contributed by atoms with Crippen LogP contribution in [-0.2, 0) is 0 Å². The van der Waals surface area contributed by atoms with Crippen LogP contribution >= 0.6 is 0 Å². The first-order chi connectivity index (χ1) is 13.1. The molecule has 1 heterocycles. The number of aromatic nitrogens is 2. The first-order valence-corrected chi connectivity index (χ1v) is 8.74. The molecule has 0 unspecified atom stereocenters. The number of rotatable bonds is 7. The van der Waals surface area contributed by atoms with E-state index in [9.17, 15) is 9.59 Å². The van der Waals surface area contributed by atoms with Gasteiger partial charge in [-0.15, -0.1) is 0 Å². The Morgan fingerprint density at radius 1 is 1.00 bits per heavy atom. The number of nitrogens with zero attached hydrogens (tertiary/aromatic N) is 3. The molecular weight excluding hydrogens is 342 g/mol. The highest BCUT2D eigenvalue weighted by molar-refractivity contribution is 5.91. The van der Waals surface area contributed by atoms with E-state index in [0.717, 1.165) is 5.75 Å². The van der Waals surface area contributed by atoms with Gasteiger partial charge in [0.05, 0.1) is 12.3 Å². The molecule has 138 valence electrons. The molecule has 0 aliphatic heterocycles. The third-order valence-corrected chi connectivity index (χ3v) is 4.02. The van der Waals surface area contributed by atoms with E-state index in [1.165, 1.54) is 16.8 Å². The van der Waals surface area contributed by atoms with Gasteiger partial charge >= 0.3 is 0 Å². The van der Waals surface area contributed by atoms with Crippen LogP contribution in [0.3, 0.4) is 0 Å².